The lowest BCUT2D eigenvalue weighted by Crippen LogP contribution is -2.33. The van der Waals surface area contributed by atoms with Gasteiger partial charge >= 0.3 is 0 Å². The molecule has 0 amide bonds. The van der Waals surface area contributed by atoms with E-state index in [2.05, 4.69) is 4.90 Å². The molecule has 0 bridgehead atoms. The van der Waals surface area contributed by atoms with E-state index >= 15 is 0 Å². The van der Waals surface area contributed by atoms with Gasteiger partial charge in [0.05, 0.1) is 5.75 Å². The van der Waals surface area contributed by atoms with Crippen molar-refractivity contribution in [2.75, 3.05) is 31.1 Å². The largest absolute Gasteiger partial charge is 0.329 e. The van der Waals surface area contributed by atoms with E-state index < -0.39 is 9.84 Å². The first-order valence-electron chi connectivity index (χ1n) is 6.24. The average molecular weight is 307 g/mol. The zero-order valence-corrected chi connectivity index (χ0v) is 12.9. The third-order valence-electron chi connectivity index (χ3n) is 2.85. The number of benzene rings is 1. The van der Waals surface area contributed by atoms with E-state index in [4.69, 9.17) is 5.73 Å². The molecular formula is C13H23ClN2O2S. The minimum Gasteiger partial charge on any atom is -0.329 e. The van der Waals surface area contributed by atoms with Crippen LogP contribution < -0.4 is 5.73 Å². The van der Waals surface area contributed by atoms with Crippen LogP contribution in [0.4, 0.5) is 0 Å². The smallest absolute Gasteiger partial charge is 0.151 e. The predicted octanol–water partition coefficient (Wildman–Crippen LogP) is 1.30. The highest BCUT2D eigenvalue weighted by Crippen LogP contribution is 2.04. The van der Waals surface area contributed by atoms with Gasteiger partial charge in [-0.25, -0.2) is 8.42 Å². The molecule has 1 aromatic rings. The fraction of sp³-hybridized carbons (Fsp3) is 0.538. The standard InChI is InChI=1S/C13H22N2O2S.ClH/c1-2-18(16,17)11-10-15(9-8-14)12-13-6-4-3-5-7-13;/h3-7H,2,8-12,14H2,1H3;1H. The zero-order valence-electron chi connectivity index (χ0n) is 11.3. The second-order valence-corrected chi connectivity index (χ2v) is 6.76. The van der Waals surface area contributed by atoms with Crippen molar-refractivity contribution in [1.82, 2.24) is 4.90 Å². The van der Waals surface area contributed by atoms with E-state index in [9.17, 15) is 8.42 Å². The third kappa shape index (κ3) is 7.52. The van der Waals surface area contributed by atoms with Gasteiger partial charge in [0.25, 0.3) is 0 Å². The summed E-state index contributed by atoms with van der Waals surface area (Å²) in [5.74, 6) is 0.408. The Labute approximate surface area is 122 Å². The molecule has 0 radical (unpaired) electrons. The summed E-state index contributed by atoms with van der Waals surface area (Å²) in [5, 5.41) is 0. The van der Waals surface area contributed by atoms with Crippen LogP contribution in [0.3, 0.4) is 0 Å². The molecule has 4 nitrogen and oxygen atoms in total. The Balaban J connectivity index is 0.00000324. The van der Waals surface area contributed by atoms with Crippen LogP contribution in [0, 0.1) is 0 Å². The summed E-state index contributed by atoms with van der Waals surface area (Å²) in [6.45, 7) is 4.23. The van der Waals surface area contributed by atoms with Gasteiger partial charge in [0.1, 0.15) is 0 Å². The molecule has 0 aliphatic heterocycles. The Kier molecular flexibility index (Phi) is 9.01. The summed E-state index contributed by atoms with van der Waals surface area (Å²) in [5.41, 5.74) is 6.74. The molecule has 0 fully saturated rings. The number of rotatable bonds is 8. The van der Waals surface area contributed by atoms with Gasteiger partial charge < -0.3 is 5.73 Å². The minimum absolute atomic E-state index is 0. The molecule has 0 saturated heterocycles. The van der Waals surface area contributed by atoms with Gasteiger partial charge in [-0.05, 0) is 5.56 Å². The van der Waals surface area contributed by atoms with Crippen LogP contribution in [0.15, 0.2) is 30.3 Å². The van der Waals surface area contributed by atoms with Crippen LogP contribution in [0.1, 0.15) is 12.5 Å². The fourth-order valence-corrected chi connectivity index (χ4v) is 2.53. The highest BCUT2D eigenvalue weighted by atomic mass is 35.5. The van der Waals surface area contributed by atoms with Crippen molar-refractivity contribution in [3.05, 3.63) is 35.9 Å². The average Bonchev–Trinajstić information content (AvgIpc) is 2.38. The minimum atomic E-state index is -2.91. The van der Waals surface area contributed by atoms with Gasteiger partial charge in [-0.1, -0.05) is 37.3 Å². The van der Waals surface area contributed by atoms with Crippen LogP contribution in [0.5, 0.6) is 0 Å². The zero-order chi connectivity index (χ0) is 13.4. The van der Waals surface area contributed by atoms with Crippen molar-refractivity contribution in [3.63, 3.8) is 0 Å². The van der Waals surface area contributed by atoms with Crippen LogP contribution >= 0.6 is 12.4 Å². The molecule has 0 spiro atoms. The lowest BCUT2D eigenvalue weighted by molar-refractivity contribution is 0.289. The second-order valence-electron chi connectivity index (χ2n) is 4.29. The highest BCUT2D eigenvalue weighted by Gasteiger charge is 2.11. The predicted molar refractivity (Wildman–Crippen MR) is 82.3 cm³/mol. The van der Waals surface area contributed by atoms with E-state index in [1.54, 1.807) is 6.92 Å². The first-order chi connectivity index (χ1) is 8.57. The maximum Gasteiger partial charge on any atom is 0.151 e. The molecule has 0 aromatic heterocycles. The summed E-state index contributed by atoms with van der Waals surface area (Å²) in [6, 6.07) is 10.0. The van der Waals surface area contributed by atoms with Crippen molar-refractivity contribution < 1.29 is 8.42 Å². The van der Waals surface area contributed by atoms with Crippen molar-refractivity contribution >= 4 is 22.2 Å². The molecule has 0 unspecified atom stereocenters. The molecule has 110 valence electrons. The van der Waals surface area contributed by atoms with Crippen LogP contribution in [0.25, 0.3) is 0 Å². The first kappa shape index (κ1) is 18.4. The number of hydrogen-bond acceptors (Lipinski definition) is 4. The van der Waals surface area contributed by atoms with E-state index in [0.29, 0.717) is 19.6 Å². The fourth-order valence-electron chi connectivity index (χ4n) is 1.71. The molecular weight excluding hydrogens is 284 g/mol. The summed E-state index contributed by atoms with van der Waals surface area (Å²) >= 11 is 0. The number of hydrogen-bond donors (Lipinski definition) is 1. The Morgan fingerprint density at radius 1 is 1.16 bits per heavy atom. The topological polar surface area (TPSA) is 63.4 Å². The molecule has 2 N–H and O–H groups in total. The van der Waals surface area contributed by atoms with Gasteiger partial charge in [0.2, 0.25) is 0 Å². The van der Waals surface area contributed by atoms with Crippen LogP contribution in [0.2, 0.25) is 0 Å². The molecule has 0 aliphatic rings. The van der Waals surface area contributed by atoms with Gasteiger partial charge in [-0.2, -0.15) is 0 Å². The number of nitrogens with two attached hydrogens (primary N) is 1. The number of sulfone groups is 1. The Hall–Kier alpha value is -0.620. The van der Waals surface area contributed by atoms with Crippen LogP contribution in [-0.4, -0.2) is 44.5 Å². The molecule has 1 aromatic carbocycles. The normalized spacial score (nSPS) is 11.3. The lowest BCUT2D eigenvalue weighted by atomic mass is 10.2. The molecule has 6 heteroatoms. The Bertz CT molecular complexity index is 437. The lowest BCUT2D eigenvalue weighted by Gasteiger charge is -2.21. The molecule has 0 heterocycles. The molecule has 1 rings (SSSR count). The van der Waals surface area contributed by atoms with Gasteiger partial charge in [-0.15, -0.1) is 12.4 Å². The maximum atomic E-state index is 11.5. The quantitative estimate of drug-likeness (QED) is 0.786. The Morgan fingerprint density at radius 2 is 1.79 bits per heavy atom. The van der Waals surface area contributed by atoms with Crippen molar-refractivity contribution in [2.45, 2.75) is 13.5 Å². The summed E-state index contributed by atoms with van der Waals surface area (Å²) in [6.07, 6.45) is 0. The van der Waals surface area contributed by atoms with E-state index in [-0.39, 0.29) is 23.9 Å². The molecule has 19 heavy (non-hydrogen) atoms. The summed E-state index contributed by atoms with van der Waals surface area (Å²) < 4.78 is 23.0. The SMILES string of the molecule is CCS(=O)(=O)CCN(CCN)Cc1ccccc1.Cl. The highest BCUT2D eigenvalue weighted by molar-refractivity contribution is 7.91. The van der Waals surface area contributed by atoms with E-state index in [1.165, 1.54) is 5.56 Å². The van der Waals surface area contributed by atoms with Gasteiger partial charge in [-0.3, -0.25) is 4.90 Å². The van der Waals surface area contributed by atoms with Crippen LogP contribution in [-0.2, 0) is 16.4 Å². The van der Waals surface area contributed by atoms with Crippen molar-refractivity contribution in [2.24, 2.45) is 5.73 Å². The van der Waals surface area contributed by atoms with Gasteiger partial charge in [0, 0.05) is 31.9 Å². The third-order valence-corrected chi connectivity index (χ3v) is 4.54. The molecule has 0 atom stereocenters. The van der Waals surface area contributed by atoms with E-state index in [0.717, 1.165) is 6.54 Å². The molecule has 0 aliphatic carbocycles. The second kappa shape index (κ2) is 9.31. The summed E-state index contributed by atoms with van der Waals surface area (Å²) in [4.78, 5) is 2.09. The van der Waals surface area contributed by atoms with Gasteiger partial charge in [0.15, 0.2) is 9.84 Å². The Morgan fingerprint density at radius 3 is 2.32 bits per heavy atom. The van der Waals surface area contributed by atoms with Crippen molar-refractivity contribution in [1.29, 1.82) is 0 Å². The van der Waals surface area contributed by atoms with E-state index in [1.807, 2.05) is 30.3 Å². The number of halogens is 1. The summed E-state index contributed by atoms with van der Waals surface area (Å²) in [7, 11) is -2.91. The van der Waals surface area contributed by atoms with Crippen molar-refractivity contribution in [3.8, 4) is 0 Å². The first-order valence-corrected chi connectivity index (χ1v) is 8.06. The monoisotopic (exact) mass is 306 g/mol. The maximum absolute atomic E-state index is 11.5. The molecule has 0 saturated carbocycles. The number of nitrogens with zero attached hydrogens (tertiary/aromatic N) is 1.